The van der Waals surface area contributed by atoms with Gasteiger partial charge in [0, 0.05) is 36.8 Å². The number of aromatic nitrogens is 4. The lowest BCUT2D eigenvalue weighted by Crippen LogP contribution is -2.57. The molecule has 2 saturated heterocycles. The van der Waals surface area contributed by atoms with Gasteiger partial charge in [-0.2, -0.15) is 0 Å². The Morgan fingerprint density at radius 2 is 2.00 bits per heavy atom. The molecule has 0 amide bonds. The Morgan fingerprint density at radius 1 is 1.18 bits per heavy atom. The molecule has 1 aliphatic carbocycles. The van der Waals surface area contributed by atoms with Gasteiger partial charge in [-0.15, -0.1) is 10.2 Å². The zero-order valence-corrected chi connectivity index (χ0v) is 19.3. The van der Waals surface area contributed by atoms with E-state index in [2.05, 4.69) is 25.4 Å². The Bertz CT molecular complexity index is 1310. The number of anilines is 1. The first-order valence-electron chi connectivity index (χ1n) is 11.5. The van der Waals surface area contributed by atoms with Crippen molar-refractivity contribution in [1.29, 1.82) is 0 Å². The van der Waals surface area contributed by atoms with Crippen molar-refractivity contribution in [1.82, 2.24) is 25.1 Å². The topological polar surface area (TPSA) is 96.2 Å². The molecule has 4 heterocycles. The largest absolute Gasteiger partial charge is 0.507 e. The van der Waals surface area contributed by atoms with Gasteiger partial charge in [0.25, 0.3) is 5.56 Å². The molecule has 2 bridgehead atoms. The molecule has 8 nitrogen and oxygen atoms in total. The molecule has 4 unspecified atom stereocenters. The van der Waals surface area contributed by atoms with E-state index in [-0.39, 0.29) is 46.3 Å². The third kappa shape index (κ3) is 3.67. The molecule has 178 valence electrons. The third-order valence-corrected chi connectivity index (χ3v) is 8.03. The molecule has 3 aromatic rings. The normalized spacial score (nSPS) is 26.1. The predicted molar refractivity (Wildman–Crippen MR) is 124 cm³/mol. The number of fused-ring (bicyclic) bond motifs is 2. The van der Waals surface area contributed by atoms with Gasteiger partial charge in [0.15, 0.2) is 5.01 Å². The van der Waals surface area contributed by atoms with Gasteiger partial charge in [-0.1, -0.05) is 11.3 Å². The molecule has 3 aliphatic rings. The van der Waals surface area contributed by atoms with Crippen LogP contribution >= 0.6 is 11.3 Å². The maximum absolute atomic E-state index is 15.3. The zero-order chi connectivity index (χ0) is 23.6. The second kappa shape index (κ2) is 8.09. The smallest absolute Gasteiger partial charge is 0.253 e. The van der Waals surface area contributed by atoms with Gasteiger partial charge in [-0.05, 0) is 44.2 Å². The van der Waals surface area contributed by atoms with Crippen molar-refractivity contribution < 1.29 is 13.9 Å². The lowest BCUT2D eigenvalue weighted by atomic mass is 9.96. The van der Waals surface area contributed by atoms with Crippen molar-refractivity contribution >= 4 is 16.5 Å². The number of aryl methyl sites for hydroxylation is 1. The van der Waals surface area contributed by atoms with Gasteiger partial charge in [0.05, 0.1) is 23.6 Å². The van der Waals surface area contributed by atoms with Crippen LogP contribution in [0.5, 0.6) is 5.75 Å². The van der Waals surface area contributed by atoms with Crippen LogP contribution in [0.15, 0.2) is 29.3 Å². The minimum Gasteiger partial charge on any atom is -0.507 e. The average Bonchev–Trinajstić information content (AvgIpc) is 3.38. The number of phenolic OH excluding ortho intramolecular Hbond substituents is 1. The fourth-order valence-corrected chi connectivity index (χ4v) is 6.13. The monoisotopic (exact) mass is 486 g/mol. The van der Waals surface area contributed by atoms with E-state index < -0.39 is 12.0 Å². The Hall–Kier alpha value is -2.92. The van der Waals surface area contributed by atoms with Crippen LogP contribution in [0.3, 0.4) is 0 Å². The summed E-state index contributed by atoms with van der Waals surface area (Å²) in [4.78, 5) is 18.1. The highest BCUT2D eigenvalue weighted by molar-refractivity contribution is 7.18. The van der Waals surface area contributed by atoms with Crippen molar-refractivity contribution in [3.05, 3.63) is 40.7 Å². The molecule has 0 spiro atoms. The van der Waals surface area contributed by atoms with E-state index in [1.165, 1.54) is 40.4 Å². The van der Waals surface area contributed by atoms with E-state index in [1.807, 2.05) is 0 Å². The molecule has 34 heavy (non-hydrogen) atoms. The number of rotatable bonds is 5. The third-order valence-electron chi connectivity index (χ3n) is 7.06. The predicted octanol–water partition coefficient (Wildman–Crippen LogP) is 3.01. The van der Waals surface area contributed by atoms with Gasteiger partial charge in [-0.3, -0.25) is 4.79 Å². The maximum Gasteiger partial charge on any atom is 0.253 e. The summed E-state index contributed by atoms with van der Waals surface area (Å²) in [6, 6.07) is 3.82. The lowest BCUT2D eigenvalue weighted by Gasteiger charge is -2.40. The summed E-state index contributed by atoms with van der Waals surface area (Å²) < 4.78 is 31.6. The Kier molecular flexibility index (Phi) is 5.14. The van der Waals surface area contributed by atoms with E-state index in [0.29, 0.717) is 16.2 Å². The van der Waals surface area contributed by atoms with Crippen LogP contribution in [0.1, 0.15) is 32.1 Å². The Balaban J connectivity index is 1.32. The number of nitrogens with one attached hydrogen (secondary N) is 1. The van der Waals surface area contributed by atoms with Gasteiger partial charge >= 0.3 is 0 Å². The number of hydrogen-bond donors (Lipinski definition) is 2. The first kappa shape index (κ1) is 21.6. The first-order valence-corrected chi connectivity index (χ1v) is 12.3. The van der Waals surface area contributed by atoms with E-state index in [0.717, 1.165) is 32.1 Å². The molecule has 1 aromatic carbocycles. The van der Waals surface area contributed by atoms with Crippen LogP contribution in [0.25, 0.3) is 21.8 Å². The van der Waals surface area contributed by atoms with Crippen molar-refractivity contribution in [2.45, 2.75) is 62.4 Å². The molecule has 0 radical (unpaired) electrons. The summed E-state index contributed by atoms with van der Waals surface area (Å²) in [7, 11) is 1.55. The quantitative estimate of drug-likeness (QED) is 0.572. The molecular weight excluding hydrogens is 462 g/mol. The number of benzene rings is 1. The number of hydrogen-bond acceptors (Lipinski definition) is 8. The number of alkyl halides is 1. The number of nitrogens with zero attached hydrogens (tertiary/aromatic N) is 5. The number of halogens is 2. The molecule has 2 aromatic heterocycles. The van der Waals surface area contributed by atoms with Crippen LogP contribution in [0.2, 0.25) is 0 Å². The second-order valence-electron chi connectivity index (χ2n) is 9.40. The summed E-state index contributed by atoms with van der Waals surface area (Å²) in [6.45, 7) is 0. The van der Waals surface area contributed by atoms with Gasteiger partial charge in [-0.25, -0.2) is 13.8 Å². The average molecular weight is 487 g/mol. The van der Waals surface area contributed by atoms with E-state index >= 15 is 8.78 Å². The first-order chi connectivity index (χ1) is 16.4. The zero-order valence-electron chi connectivity index (χ0n) is 18.5. The fourth-order valence-electron chi connectivity index (χ4n) is 5.13. The van der Waals surface area contributed by atoms with Gasteiger partial charge in [0.2, 0.25) is 5.13 Å². The minimum absolute atomic E-state index is 0.0220. The highest BCUT2D eigenvalue weighted by atomic mass is 32.1. The summed E-state index contributed by atoms with van der Waals surface area (Å²) in [5.74, 6) is -0.828. The molecule has 6 rings (SSSR count). The van der Waals surface area contributed by atoms with Crippen LogP contribution in [-0.2, 0) is 7.05 Å². The van der Waals surface area contributed by atoms with Crippen molar-refractivity contribution in [2.75, 3.05) is 4.90 Å². The van der Waals surface area contributed by atoms with Crippen LogP contribution in [0.4, 0.5) is 13.9 Å². The van der Waals surface area contributed by atoms with E-state index in [9.17, 15) is 9.90 Å². The number of phenols is 1. The molecule has 1 saturated carbocycles. The van der Waals surface area contributed by atoms with Crippen LogP contribution in [0, 0.1) is 5.82 Å². The summed E-state index contributed by atoms with van der Waals surface area (Å²) in [5.41, 5.74) is 0.0229. The molecule has 4 atom stereocenters. The highest BCUT2D eigenvalue weighted by Gasteiger charge is 2.48. The van der Waals surface area contributed by atoms with E-state index in [1.54, 1.807) is 7.05 Å². The SMILES string of the molecule is Cn1cnc(-c2cc(O)c(-c3nnc(N(C4CC4)C4CC5CCC(N5)C4F)s3)cc2F)cc1=O. The van der Waals surface area contributed by atoms with Crippen LogP contribution in [-0.4, -0.2) is 55.2 Å². The lowest BCUT2D eigenvalue weighted by molar-refractivity contribution is 0.172. The van der Waals surface area contributed by atoms with Crippen molar-refractivity contribution in [3.63, 3.8) is 0 Å². The van der Waals surface area contributed by atoms with Crippen LogP contribution < -0.4 is 15.8 Å². The van der Waals surface area contributed by atoms with Gasteiger partial charge < -0.3 is 19.9 Å². The van der Waals surface area contributed by atoms with Crippen molar-refractivity contribution in [2.24, 2.45) is 7.05 Å². The Morgan fingerprint density at radius 3 is 2.76 bits per heavy atom. The Labute approximate surface area is 198 Å². The second-order valence-corrected chi connectivity index (χ2v) is 10.4. The molecule has 3 fully saturated rings. The summed E-state index contributed by atoms with van der Waals surface area (Å²) in [6.07, 6.45) is 4.85. The molecular formula is C23H24F2N6O2S. The number of aromatic hydroxyl groups is 1. The van der Waals surface area contributed by atoms with Crippen molar-refractivity contribution in [3.8, 4) is 27.6 Å². The minimum atomic E-state index is -0.983. The molecule has 11 heteroatoms. The summed E-state index contributed by atoms with van der Waals surface area (Å²) >= 11 is 1.23. The standard InChI is InChI=1S/C23H24F2N6O2S/c1-30-10-26-17(9-20(30)33)13-8-19(32)14(7-15(13)24)22-28-29-23(34-22)31(12-3-4-12)18-6-11-2-5-16(27-11)21(18)25/h7-12,16,18,21,27,32H,2-6H2,1H3. The summed E-state index contributed by atoms with van der Waals surface area (Å²) in [5, 5.41) is 23.5. The number of piperidine rings is 1. The molecule has 2 aliphatic heterocycles. The molecule has 2 N–H and O–H groups in total. The fraction of sp³-hybridized carbons (Fsp3) is 0.478. The highest BCUT2D eigenvalue weighted by Crippen LogP contribution is 2.44. The maximum atomic E-state index is 15.3. The van der Waals surface area contributed by atoms with E-state index in [4.69, 9.17) is 0 Å². The van der Waals surface area contributed by atoms with Gasteiger partial charge in [0.1, 0.15) is 17.7 Å².